The SMILES string of the molecule is CC(C)(C)c1cc(C(F)(F)F)c2cn[nH]c2n1. The third-order valence-corrected chi connectivity index (χ3v) is 2.50. The lowest BCUT2D eigenvalue weighted by Crippen LogP contribution is -2.16. The van der Waals surface area contributed by atoms with Crippen LogP contribution < -0.4 is 0 Å². The van der Waals surface area contributed by atoms with Crippen LogP contribution in [-0.2, 0) is 11.6 Å². The maximum Gasteiger partial charge on any atom is 0.417 e. The first-order valence-corrected chi connectivity index (χ1v) is 5.11. The van der Waals surface area contributed by atoms with Crippen molar-refractivity contribution < 1.29 is 13.2 Å². The number of rotatable bonds is 0. The minimum atomic E-state index is -4.40. The molecule has 0 atom stereocenters. The molecule has 0 unspecified atom stereocenters. The number of H-pyrrole nitrogens is 1. The van der Waals surface area contributed by atoms with Crippen LogP contribution >= 0.6 is 0 Å². The van der Waals surface area contributed by atoms with Gasteiger partial charge >= 0.3 is 6.18 Å². The van der Waals surface area contributed by atoms with Crippen LogP contribution in [0, 0.1) is 0 Å². The smallest absolute Gasteiger partial charge is 0.261 e. The molecule has 1 N–H and O–H groups in total. The van der Waals surface area contributed by atoms with Gasteiger partial charge < -0.3 is 0 Å². The van der Waals surface area contributed by atoms with Gasteiger partial charge in [0, 0.05) is 11.1 Å². The molecule has 0 bridgehead atoms. The molecule has 0 spiro atoms. The molecule has 92 valence electrons. The molecule has 0 aromatic carbocycles. The molecule has 0 aliphatic rings. The average molecular weight is 243 g/mol. The Morgan fingerprint density at radius 3 is 2.35 bits per heavy atom. The molecular weight excluding hydrogens is 231 g/mol. The van der Waals surface area contributed by atoms with E-state index in [9.17, 15) is 13.2 Å². The summed E-state index contributed by atoms with van der Waals surface area (Å²) in [5, 5.41) is 6.10. The number of hydrogen-bond donors (Lipinski definition) is 1. The van der Waals surface area contributed by atoms with Crippen LogP contribution in [0.2, 0.25) is 0 Å². The van der Waals surface area contributed by atoms with E-state index in [4.69, 9.17) is 0 Å². The molecule has 2 heterocycles. The lowest BCUT2D eigenvalue weighted by atomic mass is 9.90. The second-order valence-corrected chi connectivity index (χ2v) is 4.94. The van der Waals surface area contributed by atoms with E-state index in [2.05, 4.69) is 15.2 Å². The number of pyridine rings is 1. The molecule has 2 rings (SSSR count). The molecule has 2 aromatic heterocycles. The predicted octanol–water partition coefficient (Wildman–Crippen LogP) is 3.27. The van der Waals surface area contributed by atoms with Crippen molar-refractivity contribution in [2.75, 3.05) is 0 Å². The fourth-order valence-corrected chi connectivity index (χ4v) is 1.55. The Bertz CT molecular complexity index is 549. The predicted molar refractivity (Wildman–Crippen MR) is 57.6 cm³/mol. The van der Waals surface area contributed by atoms with Crippen LogP contribution in [0.15, 0.2) is 12.3 Å². The number of aromatic amines is 1. The summed E-state index contributed by atoms with van der Waals surface area (Å²) in [6, 6.07) is 1.10. The number of nitrogens with zero attached hydrogens (tertiary/aromatic N) is 2. The van der Waals surface area contributed by atoms with Gasteiger partial charge in [-0.1, -0.05) is 20.8 Å². The standard InChI is InChI=1S/C11H12F3N3/c1-10(2,3)8-4-7(11(12,13)14)6-5-15-17-9(6)16-8/h4-5H,1-3H3,(H,15,16,17). The Morgan fingerprint density at radius 1 is 1.18 bits per heavy atom. The molecule has 0 saturated carbocycles. The summed E-state index contributed by atoms with van der Waals surface area (Å²) in [7, 11) is 0. The van der Waals surface area contributed by atoms with Crippen LogP contribution in [0.25, 0.3) is 11.0 Å². The summed E-state index contributed by atoms with van der Waals surface area (Å²) in [4.78, 5) is 4.16. The van der Waals surface area contributed by atoms with Gasteiger partial charge in [0.1, 0.15) is 0 Å². The summed E-state index contributed by atoms with van der Waals surface area (Å²) in [5.74, 6) is 0. The first-order chi connectivity index (χ1) is 7.69. The fraction of sp³-hybridized carbons (Fsp3) is 0.455. The van der Waals surface area contributed by atoms with Gasteiger partial charge in [0.25, 0.3) is 0 Å². The zero-order chi connectivity index (χ0) is 12.8. The number of nitrogens with one attached hydrogen (secondary N) is 1. The van der Waals surface area contributed by atoms with Gasteiger partial charge in [-0.25, -0.2) is 4.98 Å². The Kier molecular flexibility index (Phi) is 2.41. The monoisotopic (exact) mass is 243 g/mol. The van der Waals surface area contributed by atoms with Crippen molar-refractivity contribution in [2.45, 2.75) is 32.4 Å². The fourth-order valence-electron chi connectivity index (χ4n) is 1.55. The Hall–Kier alpha value is -1.59. The van der Waals surface area contributed by atoms with Crippen LogP contribution in [0.5, 0.6) is 0 Å². The van der Waals surface area contributed by atoms with Crippen molar-refractivity contribution in [3.05, 3.63) is 23.5 Å². The highest BCUT2D eigenvalue weighted by molar-refractivity contribution is 5.79. The van der Waals surface area contributed by atoms with Crippen LogP contribution in [0.1, 0.15) is 32.0 Å². The molecule has 3 nitrogen and oxygen atoms in total. The molecule has 0 radical (unpaired) electrons. The number of aromatic nitrogens is 3. The van der Waals surface area contributed by atoms with Crippen molar-refractivity contribution in [1.29, 1.82) is 0 Å². The van der Waals surface area contributed by atoms with E-state index < -0.39 is 17.2 Å². The van der Waals surface area contributed by atoms with Gasteiger partial charge in [0.15, 0.2) is 5.65 Å². The highest BCUT2D eigenvalue weighted by atomic mass is 19.4. The van der Waals surface area contributed by atoms with Crippen LogP contribution in [0.3, 0.4) is 0 Å². The molecular formula is C11H12F3N3. The molecule has 0 aliphatic carbocycles. The Morgan fingerprint density at radius 2 is 1.82 bits per heavy atom. The largest absolute Gasteiger partial charge is 0.417 e. The molecule has 17 heavy (non-hydrogen) atoms. The molecule has 0 amide bonds. The van der Waals surface area contributed by atoms with Crippen molar-refractivity contribution in [3.63, 3.8) is 0 Å². The number of hydrogen-bond acceptors (Lipinski definition) is 2. The first-order valence-electron chi connectivity index (χ1n) is 5.11. The lowest BCUT2D eigenvalue weighted by Gasteiger charge is -2.19. The van der Waals surface area contributed by atoms with E-state index in [0.717, 1.165) is 12.3 Å². The van der Waals surface area contributed by atoms with Crippen LogP contribution in [0.4, 0.5) is 13.2 Å². The lowest BCUT2D eigenvalue weighted by molar-refractivity contribution is -0.136. The topological polar surface area (TPSA) is 41.6 Å². The minimum Gasteiger partial charge on any atom is -0.261 e. The van der Waals surface area contributed by atoms with E-state index in [0.29, 0.717) is 5.69 Å². The number of fused-ring (bicyclic) bond motifs is 1. The van der Waals surface area contributed by atoms with Crippen molar-refractivity contribution in [1.82, 2.24) is 15.2 Å². The average Bonchev–Trinajstić information content (AvgIpc) is 2.59. The zero-order valence-corrected chi connectivity index (χ0v) is 9.68. The molecule has 0 saturated heterocycles. The van der Waals surface area contributed by atoms with E-state index in [1.807, 2.05) is 20.8 Å². The molecule has 0 fully saturated rings. The second kappa shape index (κ2) is 3.45. The second-order valence-electron chi connectivity index (χ2n) is 4.94. The van der Waals surface area contributed by atoms with Gasteiger partial charge in [-0.3, -0.25) is 5.10 Å². The molecule has 2 aromatic rings. The molecule has 0 aliphatic heterocycles. The third-order valence-electron chi connectivity index (χ3n) is 2.50. The van der Waals surface area contributed by atoms with E-state index in [1.54, 1.807) is 0 Å². The van der Waals surface area contributed by atoms with E-state index in [-0.39, 0.29) is 11.0 Å². The highest BCUT2D eigenvalue weighted by Gasteiger charge is 2.35. The highest BCUT2D eigenvalue weighted by Crippen LogP contribution is 2.36. The number of halogens is 3. The molecule has 6 heteroatoms. The maximum atomic E-state index is 12.9. The van der Waals surface area contributed by atoms with Gasteiger partial charge in [-0.15, -0.1) is 0 Å². The summed E-state index contributed by atoms with van der Waals surface area (Å²) < 4.78 is 38.7. The van der Waals surface area contributed by atoms with Crippen molar-refractivity contribution in [3.8, 4) is 0 Å². The maximum absolute atomic E-state index is 12.9. The summed E-state index contributed by atoms with van der Waals surface area (Å²) >= 11 is 0. The van der Waals surface area contributed by atoms with Crippen molar-refractivity contribution in [2.24, 2.45) is 0 Å². The van der Waals surface area contributed by atoms with Crippen LogP contribution in [-0.4, -0.2) is 15.2 Å². The van der Waals surface area contributed by atoms with E-state index in [1.165, 1.54) is 0 Å². The quantitative estimate of drug-likeness (QED) is 0.771. The van der Waals surface area contributed by atoms with Gasteiger partial charge in [-0.05, 0) is 6.07 Å². The van der Waals surface area contributed by atoms with Gasteiger partial charge in [0.2, 0.25) is 0 Å². The van der Waals surface area contributed by atoms with Gasteiger partial charge in [-0.2, -0.15) is 18.3 Å². The normalized spacial score (nSPS) is 13.3. The third kappa shape index (κ3) is 2.11. The zero-order valence-electron chi connectivity index (χ0n) is 9.68. The Balaban J connectivity index is 2.76. The first kappa shape index (κ1) is 11.9. The van der Waals surface area contributed by atoms with Crippen molar-refractivity contribution >= 4 is 11.0 Å². The number of alkyl halides is 3. The van der Waals surface area contributed by atoms with E-state index >= 15 is 0 Å². The summed E-state index contributed by atoms with van der Waals surface area (Å²) in [6.07, 6.45) is -3.25. The van der Waals surface area contributed by atoms with Gasteiger partial charge in [0.05, 0.1) is 17.1 Å². The summed E-state index contributed by atoms with van der Waals surface area (Å²) in [6.45, 7) is 5.45. The Labute approximate surface area is 96.1 Å². The minimum absolute atomic E-state index is 0.00509. The summed E-state index contributed by atoms with van der Waals surface area (Å²) in [5.41, 5.74) is -0.577.